The molecule has 11 heteroatoms. The Morgan fingerprint density at radius 1 is 1.12 bits per heavy atom. The minimum absolute atomic E-state index is 0. The van der Waals surface area contributed by atoms with Crippen molar-refractivity contribution in [1.82, 2.24) is 9.80 Å². The van der Waals surface area contributed by atoms with Gasteiger partial charge in [-0.05, 0) is 45.7 Å². The number of nitrogens with zero attached hydrogens (tertiary/aromatic N) is 2. The van der Waals surface area contributed by atoms with Gasteiger partial charge in [0.1, 0.15) is 5.54 Å². The zero-order valence-corrected chi connectivity index (χ0v) is 16.5. The van der Waals surface area contributed by atoms with E-state index in [1.807, 2.05) is 0 Å². The number of hydrogen-bond acceptors (Lipinski definition) is 6. The zero-order valence-electron chi connectivity index (χ0n) is 14.9. The molecule has 1 unspecified atom stereocenters. The van der Waals surface area contributed by atoms with Gasteiger partial charge in [0.15, 0.2) is 0 Å². The maximum absolute atomic E-state index is 11.5. The molecule has 8 nitrogen and oxygen atoms in total. The molecule has 0 bridgehead atoms. The highest BCUT2D eigenvalue weighted by Crippen LogP contribution is 2.18. The summed E-state index contributed by atoms with van der Waals surface area (Å²) < 4.78 is 0. The van der Waals surface area contributed by atoms with E-state index in [9.17, 15) is 9.90 Å². The Morgan fingerprint density at radius 3 is 2.32 bits per heavy atom. The van der Waals surface area contributed by atoms with Crippen molar-refractivity contribution in [3.8, 4) is 0 Å². The molecule has 1 rings (SSSR count). The van der Waals surface area contributed by atoms with Crippen LogP contribution >= 0.6 is 24.8 Å². The topological polar surface area (TPSA) is 142 Å². The van der Waals surface area contributed by atoms with Crippen molar-refractivity contribution in [3.63, 3.8) is 0 Å². The van der Waals surface area contributed by atoms with Crippen LogP contribution in [0.15, 0.2) is 0 Å². The molecule has 1 atom stereocenters. The van der Waals surface area contributed by atoms with Crippen molar-refractivity contribution in [2.24, 2.45) is 5.73 Å². The predicted octanol–water partition coefficient (Wildman–Crippen LogP) is -0.542. The molecule has 1 fully saturated rings. The molecule has 0 aliphatic carbocycles. The summed E-state index contributed by atoms with van der Waals surface area (Å²) in [5.41, 5.74) is 4.86. The lowest BCUT2D eigenvalue weighted by Crippen LogP contribution is -2.50. The average Bonchev–Trinajstić information content (AvgIpc) is 2.66. The SMILES string of the molecule is CN1CCCN(CCC(N)(CCCCB(O)O)C(=O)O)CC1.Cl.Cl.O. The average molecular weight is 406 g/mol. The van der Waals surface area contributed by atoms with Crippen molar-refractivity contribution in [2.75, 3.05) is 39.8 Å². The molecule has 0 saturated carbocycles. The van der Waals surface area contributed by atoms with Crippen molar-refractivity contribution in [2.45, 2.75) is 44.0 Å². The molecule has 25 heavy (non-hydrogen) atoms. The second-order valence-electron chi connectivity index (χ2n) is 6.44. The van der Waals surface area contributed by atoms with Crippen LogP contribution in [0.25, 0.3) is 0 Å². The summed E-state index contributed by atoms with van der Waals surface area (Å²) in [5, 5.41) is 27.0. The number of carboxylic acid groups (broad SMARTS) is 1. The maximum atomic E-state index is 11.5. The number of halogens is 2. The van der Waals surface area contributed by atoms with Crippen LogP contribution in [0.1, 0.15) is 32.1 Å². The van der Waals surface area contributed by atoms with Gasteiger partial charge in [-0.1, -0.05) is 12.8 Å². The van der Waals surface area contributed by atoms with Gasteiger partial charge in [0, 0.05) is 19.6 Å². The lowest BCUT2D eigenvalue weighted by Gasteiger charge is -2.28. The first kappa shape index (κ1) is 29.6. The van der Waals surface area contributed by atoms with Gasteiger partial charge < -0.3 is 36.2 Å². The quantitative estimate of drug-likeness (QED) is 0.298. The molecule has 0 aromatic rings. The van der Waals surface area contributed by atoms with Crippen LogP contribution in [-0.2, 0) is 4.79 Å². The Kier molecular flexibility index (Phi) is 17.8. The summed E-state index contributed by atoms with van der Waals surface area (Å²) in [7, 11) is 0.773. The van der Waals surface area contributed by atoms with Crippen LogP contribution in [0.3, 0.4) is 0 Å². The number of carboxylic acids is 1. The van der Waals surface area contributed by atoms with Gasteiger partial charge in [-0.15, -0.1) is 24.8 Å². The third-order valence-electron chi connectivity index (χ3n) is 4.45. The van der Waals surface area contributed by atoms with E-state index in [1.54, 1.807) is 0 Å². The first-order valence-corrected chi connectivity index (χ1v) is 8.13. The summed E-state index contributed by atoms with van der Waals surface area (Å²) in [5.74, 6) is -0.969. The fourth-order valence-electron chi connectivity index (χ4n) is 2.79. The van der Waals surface area contributed by atoms with Gasteiger partial charge in [0.2, 0.25) is 0 Å². The highest BCUT2D eigenvalue weighted by molar-refractivity contribution is 6.40. The summed E-state index contributed by atoms with van der Waals surface area (Å²) in [6.07, 6.45) is 3.29. The number of likely N-dealkylation sites (N-methyl/N-ethyl adjacent to an activating group) is 1. The third-order valence-corrected chi connectivity index (χ3v) is 4.45. The molecule has 1 aliphatic heterocycles. The van der Waals surface area contributed by atoms with Gasteiger partial charge in [0.05, 0.1) is 0 Å². The maximum Gasteiger partial charge on any atom is 0.451 e. The number of rotatable bonds is 9. The number of aliphatic carboxylic acids is 1. The molecule has 1 heterocycles. The van der Waals surface area contributed by atoms with E-state index >= 15 is 0 Å². The molecule has 0 spiro atoms. The minimum Gasteiger partial charge on any atom is -0.480 e. The predicted molar refractivity (Wildman–Crippen MR) is 105 cm³/mol. The summed E-state index contributed by atoms with van der Waals surface area (Å²) >= 11 is 0. The van der Waals surface area contributed by atoms with E-state index in [1.165, 1.54) is 0 Å². The molecule has 0 aromatic carbocycles. The van der Waals surface area contributed by atoms with Crippen LogP contribution in [0.4, 0.5) is 0 Å². The molecule has 0 aromatic heterocycles. The molecule has 0 radical (unpaired) electrons. The highest BCUT2D eigenvalue weighted by Gasteiger charge is 2.33. The molecular formula is C14H34BCl2N3O5. The monoisotopic (exact) mass is 405 g/mol. The first-order valence-electron chi connectivity index (χ1n) is 8.13. The fraction of sp³-hybridized carbons (Fsp3) is 0.929. The number of hydrogen-bond donors (Lipinski definition) is 4. The van der Waals surface area contributed by atoms with E-state index in [0.29, 0.717) is 32.2 Å². The van der Waals surface area contributed by atoms with Crippen LogP contribution in [0, 0.1) is 0 Å². The number of unbranched alkanes of at least 4 members (excludes halogenated alkanes) is 1. The van der Waals surface area contributed by atoms with Gasteiger partial charge in [-0.25, -0.2) is 0 Å². The van der Waals surface area contributed by atoms with E-state index in [4.69, 9.17) is 15.8 Å². The van der Waals surface area contributed by atoms with Gasteiger partial charge in [-0.3, -0.25) is 4.79 Å². The van der Waals surface area contributed by atoms with Crippen molar-refractivity contribution in [1.29, 1.82) is 0 Å². The Hall–Kier alpha value is -0.125. The largest absolute Gasteiger partial charge is 0.480 e. The van der Waals surface area contributed by atoms with Crippen LogP contribution in [0.5, 0.6) is 0 Å². The van der Waals surface area contributed by atoms with Crippen molar-refractivity contribution >= 4 is 37.9 Å². The van der Waals surface area contributed by atoms with E-state index < -0.39 is 18.6 Å². The van der Waals surface area contributed by atoms with Crippen molar-refractivity contribution in [3.05, 3.63) is 0 Å². The highest BCUT2D eigenvalue weighted by atomic mass is 35.5. The Bertz CT molecular complexity index is 358. The van der Waals surface area contributed by atoms with Gasteiger partial charge >= 0.3 is 13.1 Å². The summed E-state index contributed by atoms with van der Waals surface area (Å²) in [6, 6.07) is 0. The molecule has 0 amide bonds. The Labute approximate surface area is 163 Å². The standard InChI is InChI=1S/C14H30BN3O4.2ClH.H2O/c1-17-8-4-9-18(12-11-17)10-6-14(16,13(19)20)5-2-3-7-15(21)22;;;/h21-22H,2-12,16H2,1H3,(H,19,20);2*1H;1H2. The lowest BCUT2D eigenvalue weighted by molar-refractivity contribution is -0.144. The first-order chi connectivity index (χ1) is 10.3. The minimum atomic E-state index is -1.33. The molecule has 1 aliphatic rings. The number of carbonyl (C=O) groups is 1. The second-order valence-corrected chi connectivity index (χ2v) is 6.44. The molecule has 152 valence electrons. The van der Waals surface area contributed by atoms with Crippen LogP contribution < -0.4 is 5.73 Å². The zero-order chi connectivity index (χ0) is 16.6. The number of nitrogens with two attached hydrogens (primary N) is 1. The molecular weight excluding hydrogens is 372 g/mol. The summed E-state index contributed by atoms with van der Waals surface area (Å²) in [6.45, 7) is 4.70. The molecule has 7 N–H and O–H groups in total. The van der Waals surface area contributed by atoms with Crippen LogP contribution in [-0.4, -0.2) is 88.8 Å². The van der Waals surface area contributed by atoms with Crippen LogP contribution in [0.2, 0.25) is 6.32 Å². The van der Waals surface area contributed by atoms with Gasteiger partial charge in [0.25, 0.3) is 0 Å². The van der Waals surface area contributed by atoms with Gasteiger partial charge in [-0.2, -0.15) is 0 Å². The van der Waals surface area contributed by atoms with E-state index in [-0.39, 0.29) is 36.6 Å². The second kappa shape index (κ2) is 15.0. The smallest absolute Gasteiger partial charge is 0.451 e. The lowest BCUT2D eigenvalue weighted by atomic mass is 9.81. The Morgan fingerprint density at radius 2 is 1.76 bits per heavy atom. The van der Waals surface area contributed by atoms with Crippen molar-refractivity contribution < 1.29 is 25.4 Å². The normalized spacial score (nSPS) is 17.9. The van der Waals surface area contributed by atoms with E-state index in [2.05, 4.69) is 16.8 Å². The summed E-state index contributed by atoms with van der Waals surface area (Å²) in [4.78, 5) is 16.1. The third kappa shape index (κ3) is 12.0. The molecule has 1 saturated heterocycles. The fourth-order valence-corrected chi connectivity index (χ4v) is 2.79. The van der Waals surface area contributed by atoms with E-state index in [0.717, 1.165) is 32.6 Å². The Balaban J connectivity index is -0.00000161.